The molecular weight excluding hydrogens is 240 g/mol. The molecule has 0 radical (unpaired) electrons. The maximum Gasteiger partial charge on any atom is 0.338 e. The molecule has 1 aromatic rings. The van der Waals surface area contributed by atoms with Gasteiger partial charge in [-0.2, -0.15) is 0 Å². The van der Waals surface area contributed by atoms with E-state index in [0.717, 1.165) is 18.4 Å². The lowest BCUT2D eigenvalue weighted by Gasteiger charge is -2.10. The number of hydrogen-bond donors (Lipinski definition) is 0. The van der Waals surface area contributed by atoms with Crippen molar-refractivity contribution in [1.82, 2.24) is 0 Å². The van der Waals surface area contributed by atoms with E-state index in [4.69, 9.17) is 9.47 Å². The highest BCUT2D eigenvalue weighted by Gasteiger charge is 2.61. The van der Waals surface area contributed by atoms with Gasteiger partial charge < -0.3 is 9.47 Å². The van der Waals surface area contributed by atoms with Gasteiger partial charge in [-0.15, -0.1) is 0 Å². The van der Waals surface area contributed by atoms with Crippen molar-refractivity contribution in [1.29, 1.82) is 0 Å². The van der Waals surface area contributed by atoms with Crippen LogP contribution < -0.4 is 0 Å². The standard InChI is InChI=1S/C16H22O3/c1-4-16(13-8-6-5-7-9-13)14(19-16)15(17)18-11-10-12(2)3/h5-9,12,14H,4,10-11H2,1-3H3/t14-,16-/m1/s1. The number of esters is 1. The van der Waals surface area contributed by atoms with Crippen molar-refractivity contribution < 1.29 is 14.3 Å². The summed E-state index contributed by atoms with van der Waals surface area (Å²) >= 11 is 0. The zero-order valence-electron chi connectivity index (χ0n) is 11.9. The molecule has 2 atom stereocenters. The maximum atomic E-state index is 12.0. The summed E-state index contributed by atoms with van der Waals surface area (Å²) in [6.45, 7) is 6.74. The van der Waals surface area contributed by atoms with E-state index in [0.29, 0.717) is 12.5 Å². The lowest BCUT2D eigenvalue weighted by Crippen LogP contribution is -2.21. The normalized spacial score (nSPS) is 25.4. The van der Waals surface area contributed by atoms with Crippen LogP contribution in [0.5, 0.6) is 0 Å². The van der Waals surface area contributed by atoms with Crippen molar-refractivity contribution in [2.75, 3.05) is 6.61 Å². The van der Waals surface area contributed by atoms with Gasteiger partial charge in [-0.1, -0.05) is 51.1 Å². The molecule has 0 unspecified atom stereocenters. The molecule has 0 spiro atoms. The van der Waals surface area contributed by atoms with Crippen molar-refractivity contribution in [2.24, 2.45) is 5.92 Å². The van der Waals surface area contributed by atoms with Crippen LogP contribution in [0, 0.1) is 5.92 Å². The van der Waals surface area contributed by atoms with Gasteiger partial charge in [0.2, 0.25) is 0 Å². The number of epoxide rings is 1. The van der Waals surface area contributed by atoms with E-state index in [-0.39, 0.29) is 5.97 Å². The fourth-order valence-electron chi connectivity index (χ4n) is 2.30. The van der Waals surface area contributed by atoms with Gasteiger partial charge in [0.25, 0.3) is 0 Å². The Morgan fingerprint density at radius 3 is 2.63 bits per heavy atom. The average molecular weight is 262 g/mol. The number of ether oxygens (including phenoxy) is 2. The minimum atomic E-state index is -0.462. The highest BCUT2D eigenvalue weighted by atomic mass is 16.7. The van der Waals surface area contributed by atoms with Crippen molar-refractivity contribution in [3.8, 4) is 0 Å². The van der Waals surface area contributed by atoms with Gasteiger partial charge in [0.15, 0.2) is 6.10 Å². The van der Waals surface area contributed by atoms with Crippen LogP contribution in [0.3, 0.4) is 0 Å². The van der Waals surface area contributed by atoms with Crippen LogP contribution in [0.25, 0.3) is 0 Å². The summed E-state index contributed by atoms with van der Waals surface area (Å²) in [6, 6.07) is 9.91. The second-order valence-electron chi connectivity index (χ2n) is 5.46. The molecule has 1 aliphatic heterocycles. The Morgan fingerprint density at radius 2 is 2.05 bits per heavy atom. The van der Waals surface area contributed by atoms with Crippen molar-refractivity contribution >= 4 is 5.97 Å². The molecule has 1 aliphatic rings. The van der Waals surface area contributed by atoms with Crippen molar-refractivity contribution in [3.05, 3.63) is 35.9 Å². The molecular formula is C16H22O3. The molecule has 2 rings (SSSR count). The SMILES string of the molecule is CC[C@]1(c2ccccc2)O[C@@H]1C(=O)OCCC(C)C. The Hall–Kier alpha value is -1.35. The Morgan fingerprint density at radius 1 is 1.37 bits per heavy atom. The first kappa shape index (κ1) is 14.1. The smallest absolute Gasteiger partial charge is 0.338 e. The molecule has 3 heteroatoms. The molecule has 0 aliphatic carbocycles. The number of carbonyl (C=O) groups excluding carboxylic acids is 1. The Balaban J connectivity index is 1.95. The first-order chi connectivity index (χ1) is 9.10. The third-order valence-electron chi connectivity index (χ3n) is 3.64. The average Bonchev–Trinajstić information content (AvgIpc) is 3.15. The number of hydrogen-bond acceptors (Lipinski definition) is 3. The molecule has 1 fully saturated rings. The van der Waals surface area contributed by atoms with Crippen LogP contribution >= 0.6 is 0 Å². The van der Waals surface area contributed by atoms with E-state index >= 15 is 0 Å². The first-order valence-corrected chi connectivity index (χ1v) is 7.00. The molecule has 0 bridgehead atoms. The fraction of sp³-hybridized carbons (Fsp3) is 0.562. The number of benzene rings is 1. The summed E-state index contributed by atoms with van der Waals surface area (Å²) in [4.78, 5) is 12.0. The zero-order chi connectivity index (χ0) is 13.9. The Labute approximate surface area is 114 Å². The van der Waals surface area contributed by atoms with Gasteiger partial charge >= 0.3 is 5.97 Å². The maximum absolute atomic E-state index is 12.0. The third-order valence-corrected chi connectivity index (χ3v) is 3.64. The van der Waals surface area contributed by atoms with Gasteiger partial charge in [-0.05, 0) is 24.3 Å². The van der Waals surface area contributed by atoms with E-state index in [2.05, 4.69) is 13.8 Å². The minimum Gasteiger partial charge on any atom is -0.464 e. The topological polar surface area (TPSA) is 38.8 Å². The summed E-state index contributed by atoms with van der Waals surface area (Å²) in [5.74, 6) is 0.310. The molecule has 19 heavy (non-hydrogen) atoms. The second-order valence-corrected chi connectivity index (χ2v) is 5.46. The van der Waals surface area contributed by atoms with E-state index in [1.54, 1.807) is 0 Å². The predicted molar refractivity (Wildman–Crippen MR) is 73.7 cm³/mol. The molecule has 1 heterocycles. The summed E-state index contributed by atoms with van der Waals surface area (Å²) < 4.78 is 11.0. The molecule has 3 nitrogen and oxygen atoms in total. The lowest BCUT2D eigenvalue weighted by molar-refractivity contribution is -0.145. The second kappa shape index (κ2) is 5.74. The third kappa shape index (κ3) is 2.98. The van der Waals surface area contributed by atoms with E-state index in [1.165, 1.54) is 0 Å². The molecule has 104 valence electrons. The fourth-order valence-corrected chi connectivity index (χ4v) is 2.30. The molecule has 1 saturated heterocycles. The van der Waals surface area contributed by atoms with Gasteiger partial charge in [-0.25, -0.2) is 4.79 Å². The van der Waals surface area contributed by atoms with Gasteiger partial charge in [0.05, 0.1) is 6.61 Å². The first-order valence-electron chi connectivity index (χ1n) is 7.00. The van der Waals surface area contributed by atoms with Gasteiger partial charge in [-0.3, -0.25) is 0 Å². The van der Waals surface area contributed by atoms with Crippen LogP contribution in [-0.4, -0.2) is 18.7 Å². The summed E-state index contributed by atoms with van der Waals surface area (Å²) in [7, 11) is 0. The highest BCUT2D eigenvalue weighted by Crippen LogP contribution is 2.49. The zero-order valence-corrected chi connectivity index (χ0v) is 11.9. The minimum absolute atomic E-state index is 0.230. The quantitative estimate of drug-likeness (QED) is 0.583. The molecule has 0 saturated carbocycles. The largest absolute Gasteiger partial charge is 0.464 e. The van der Waals surface area contributed by atoms with Crippen LogP contribution in [0.1, 0.15) is 39.2 Å². The lowest BCUT2D eigenvalue weighted by atomic mass is 9.93. The highest BCUT2D eigenvalue weighted by molar-refractivity contribution is 5.80. The van der Waals surface area contributed by atoms with E-state index < -0.39 is 11.7 Å². The van der Waals surface area contributed by atoms with Gasteiger partial charge in [0.1, 0.15) is 5.60 Å². The Bertz CT molecular complexity index is 427. The van der Waals surface area contributed by atoms with Crippen LogP contribution in [0.4, 0.5) is 0 Å². The number of carbonyl (C=O) groups is 1. The van der Waals surface area contributed by atoms with E-state index in [1.807, 2.05) is 37.3 Å². The van der Waals surface area contributed by atoms with Gasteiger partial charge in [0, 0.05) is 0 Å². The predicted octanol–water partition coefficient (Wildman–Crippen LogP) is 3.28. The molecule has 0 aromatic heterocycles. The van der Waals surface area contributed by atoms with Crippen LogP contribution in [0.2, 0.25) is 0 Å². The van der Waals surface area contributed by atoms with Crippen LogP contribution in [-0.2, 0) is 19.9 Å². The Kier molecular flexibility index (Phi) is 4.25. The molecule has 0 amide bonds. The van der Waals surface area contributed by atoms with Crippen molar-refractivity contribution in [3.63, 3.8) is 0 Å². The summed E-state index contributed by atoms with van der Waals surface area (Å²) in [5, 5.41) is 0. The monoisotopic (exact) mass is 262 g/mol. The number of rotatable bonds is 6. The van der Waals surface area contributed by atoms with E-state index in [9.17, 15) is 4.79 Å². The van der Waals surface area contributed by atoms with Crippen molar-refractivity contribution in [2.45, 2.75) is 45.3 Å². The summed E-state index contributed by atoms with van der Waals surface area (Å²) in [5.41, 5.74) is 0.596. The van der Waals surface area contributed by atoms with Crippen LogP contribution in [0.15, 0.2) is 30.3 Å². The summed E-state index contributed by atoms with van der Waals surface area (Å²) in [6.07, 6.45) is 1.23. The molecule has 1 aromatic carbocycles. The molecule has 0 N–H and O–H groups in total.